The summed E-state index contributed by atoms with van der Waals surface area (Å²) < 4.78 is 30.4. The van der Waals surface area contributed by atoms with Gasteiger partial charge in [-0.15, -0.1) is 29.7 Å². The molecule has 0 aliphatic heterocycles. The van der Waals surface area contributed by atoms with Crippen molar-refractivity contribution in [1.29, 1.82) is 0 Å². The van der Waals surface area contributed by atoms with Gasteiger partial charge in [0.15, 0.2) is 0 Å². The number of pyridine rings is 1. The van der Waals surface area contributed by atoms with E-state index in [1.807, 2.05) is 59.4 Å². The van der Waals surface area contributed by atoms with Crippen molar-refractivity contribution in [2.45, 2.75) is 47.5 Å². The first-order valence-electron chi connectivity index (χ1n) is 16.1. The third kappa shape index (κ3) is 7.04. The fourth-order valence-electron chi connectivity index (χ4n) is 6.37. The number of methoxy groups -OCH3 is 1. The summed E-state index contributed by atoms with van der Waals surface area (Å²) in [4.78, 5) is 4.61. The first-order valence-corrected chi connectivity index (χ1v) is 16.1. The van der Waals surface area contributed by atoms with E-state index in [9.17, 15) is 0 Å². The molecule has 0 saturated heterocycles. The topological polar surface area (TPSA) is 54.1 Å². The van der Waals surface area contributed by atoms with E-state index in [-0.39, 0.29) is 32.2 Å². The van der Waals surface area contributed by atoms with Crippen LogP contribution in [0, 0.1) is 37.2 Å². The van der Waals surface area contributed by atoms with Crippen LogP contribution in [0.4, 0.5) is 4.39 Å². The predicted molar refractivity (Wildman–Crippen MR) is 189 cm³/mol. The Hall–Kier alpha value is -4.74. The van der Waals surface area contributed by atoms with Crippen LogP contribution in [0.5, 0.6) is 17.2 Å². The Bertz CT molecular complexity index is 2280. The van der Waals surface area contributed by atoms with Crippen molar-refractivity contribution < 1.29 is 34.9 Å². The molecule has 0 bridgehead atoms. The maximum absolute atomic E-state index is 15.0. The molecule has 0 N–H and O–H groups in total. The van der Waals surface area contributed by atoms with Gasteiger partial charge in [0.05, 0.1) is 13.3 Å². The molecule has 0 amide bonds. The van der Waals surface area contributed by atoms with E-state index in [0.717, 1.165) is 45.8 Å². The zero-order valence-corrected chi connectivity index (χ0v) is 30.6. The monoisotopic (exact) mass is 831 g/mol. The van der Waals surface area contributed by atoms with Crippen molar-refractivity contribution in [2.24, 2.45) is 5.41 Å². The Labute approximate surface area is 300 Å². The third-order valence-corrected chi connectivity index (χ3v) is 8.63. The predicted octanol–water partition coefficient (Wildman–Crippen LogP) is 10.2. The van der Waals surface area contributed by atoms with Crippen molar-refractivity contribution in [1.82, 2.24) is 19.3 Å². The van der Waals surface area contributed by atoms with E-state index >= 15 is 4.39 Å². The quantitative estimate of drug-likeness (QED) is 0.143. The van der Waals surface area contributed by atoms with Crippen LogP contribution in [-0.4, -0.2) is 26.4 Å². The van der Waals surface area contributed by atoms with Crippen LogP contribution in [0.1, 0.15) is 43.9 Å². The number of halogens is 1. The average molecular weight is 832 g/mol. The van der Waals surface area contributed by atoms with Gasteiger partial charge in [-0.1, -0.05) is 62.7 Å². The molecule has 6 nitrogen and oxygen atoms in total. The van der Waals surface area contributed by atoms with E-state index < -0.39 is 5.82 Å². The van der Waals surface area contributed by atoms with Crippen molar-refractivity contribution in [2.75, 3.05) is 7.11 Å². The Morgan fingerprint density at radius 3 is 2.41 bits per heavy atom. The smallest absolute Gasteiger partial charge is 0.509 e. The summed E-state index contributed by atoms with van der Waals surface area (Å²) in [6, 6.07) is 29.5. The maximum atomic E-state index is 15.0. The van der Waals surface area contributed by atoms with Crippen molar-refractivity contribution in [3.8, 4) is 39.9 Å². The van der Waals surface area contributed by atoms with Crippen molar-refractivity contribution in [3.05, 3.63) is 126 Å². The van der Waals surface area contributed by atoms with Crippen LogP contribution in [-0.2, 0) is 27.5 Å². The summed E-state index contributed by atoms with van der Waals surface area (Å²) in [6.07, 6.45) is 7.60. The maximum Gasteiger partial charge on any atom is 2.00 e. The molecule has 4 aromatic carbocycles. The van der Waals surface area contributed by atoms with Gasteiger partial charge in [-0.05, 0) is 77.6 Å². The van der Waals surface area contributed by atoms with Gasteiger partial charge >= 0.3 is 21.1 Å². The van der Waals surface area contributed by atoms with Crippen LogP contribution in [0.15, 0.2) is 91.4 Å². The molecular weight excluding hydrogens is 795 g/mol. The minimum Gasteiger partial charge on any atom is -0.509 e. The van der Waals surface area contributed by atoms with Crippen LogP contribution in [0.3, 0.4) is 0 Å². The molecule has 8 heteroatoms. The number of benzene rings is 4. The molecule has 0 saturated carbocycles. The Morgan fingerprint density at radius 1 is 0.878 bits per heavy atom. The van der Waals surface area contributed by atoms with Gasteiger partial charge in [0, 0.05) is 46.9 Å². The largest absolute Gasteiger partial charge is 2.00 e. The van der Waals surface area contributed by atoms with Crippen molar-refractivity contribution >= 4 is 21.8 Å². The summed E-state index contributed by atoms with van der Waals surface area (Å²) in [5, 5.41) is 6.63. The molecule has 3 heterocycles. The number of rotatable bonds is 8. The number of aryl methyl sites for hydroxylation is 3. The number of hydrogen-bond acceptors (Lipinski definition) is 4. The number of para-hydroxylation sites is 1. The third-order valence-electron chi connectivity index (χ3n) is 8.63. The summed E-state index contributed by atoms with van der Waals surface area (Å²) in [5.41, 5.74) is 8.29. The second-order valence-corrected chi connectivity index (χ2v) is 13.5. The molecule has 0 fully saturated rings. The molecule has 0 aliphatic carbocycles. The van der Waals surface area contributed by atoms with E-state index in [2.05, 4.69) is 75.0 Å². The second-order valence-electron chi connectivity index (χ2n) is 13.5. The molecule has 7 rings (SSSR count). The number of hydrogen-bond donors (Lipinski definition) is 0. The van der Waals surface area contributed by atoms with Gasteiger partial charge in [0.25, 0.3) is 0 Å². The summed E-state index contributed by atoms with van der Waals surface area (Å²) in [7, 11) is 1.63. The molecule has 0 atom stereocenters. The minimum absolute atomic E-state index is 0. The number of aromatic nitrogens is 4. The molecule has 7 aromatic rings. The molecule has 0 radical (unpaired) electrons. The van der Waals surface area contributed by atoms with Gasteiger partial charge in [-0.25, -0.2) is 9.37 Å². The average Bonchev–Trinajstić information content (AvgIpc) is 3.66. The molecule has 49 heavy (non-hydrogen) atoms. The fraction of sp³-hybridized carbons (Fsp3) is 0.220. The zero-order valence-electron chi connectivity index (χ0n) is 28.4. The minimum atomic E-state index is -0.456. The van der Waals surface area contributed by atoms with Crippen LogP contribution < -0.4 is 9.47 Å². The Balaban J connectivity index is 0.00000417. The van der Waals surface area contributed by atoms with Crippen LogP contribution in [0.25, 0.3) is 44.4 Å². The van der Waals surface area contributed by atoms with Gasteiger partial charge in [0.2, 0.25) is 0 Å². The first kappa shape index (κ1) is 34.1. The SMILES string of the molecule is COc1ccnc(-n2c3[c-]c(Oc4[c-]c(-n5cc(-c6c(C)cc(CCC(C)(C)C)cc6C)cn5)cc(F)c4)ccc3c3ccccc32)c1.[Pt+2]. The van der Waals surface area contributed by atoms with Gasteiger partial charge < -0.3 is 14.0 Å². The van der Waals surface area contributed by atoms with E-state index in [4.69, 9.17) is 9.47 Å². The van der Waals surface area contributed by atoms with E-state index in [1.165, 1.54) is 28.8 Å². The zero-order chi connectivity index (χ0) is 33.6. The molecule has 0 unspecified atom stereocenters. The van der Waals surface area contributed by atoms with Gasteiger partial charge in [0.1, 0.15) is 11.6 Å². The molecule has 250 valence electrons. The molecule has 0 aliphatic rings. The molecule has 3 aromatic heterocycles. The Kier molecular flexibility index (Phi) is 9.50. The second kappa shape index (κ2) is 13.6. The van der Waals surface area contributed by atoms with Crippen LogP contribution in [0.2, 0.25) is 0 Å². The Morgan fingerprint density at radius 2 is 1.65 bits per heavy atom. The van der Waals surface area contributed by atoms with E-state index in [0.29, 0.717) is 23.0 Å². The molecular formula is C41H37FN4O2Pt. The summed E-state index contributed by atoms with van der Waals surface area (Å²) in [6.45, 7) is 11.1. The summed E-state index contributed by atoms with van der Waals surface area (Å²) >= 11 is 0. The van der Waals surface area contributed by atoms with Gasteiger partial charge in [-0.2, -0.15) is 11.2 Å². The number of nitrogens with zero attached hydrogens (tertiary/aromatic N) is 4. The number of ether oxygens (including phenoxy) is 2. The van der Waals surface area contributed by atoms with Crippen molar-refractivity contribution in [3.63, 3.8) is 0 Å². The van der Waals surface area contributed by atoms with E-state index in [1.54, 1.807) is 18.0 Å². The van der Waals surface area contributed by atoms with Gasteiger partial charge in [-0.3, -0.25) is 4.68 Å². The number of fused-ring (bicyclic) bond motifs is 3. The first-order chi connectivity index (χ1) is 23.1. The van der Waals surface area contributed by atoms with Crippen LogP contribution >= 0.6 is 0 Å². The summed E-state index contributed by atoms with van der Waals surface area (Å²) in [5.74, 6) is 1.56. The normalized spacial score (nSPS) is 11.6. The molecule has 0 spiro atoms. The standard InChI is InChI=1S/C41H37FN4O2.Pt/c1-26-17-28(13-15-41(3,4)5)18-27(2)40(26)29-24-44-45(25-29)31-19-30(42)20-34(21-31)48-33-11-12-36-35-9-7-8-10-37(35)46(38(36)22-33)39-23-32(47-6)14-16-43-39;/h7-12,14,16-20,23-25H,13,15H2,1-6H3;/q-2;+2. The fourth-order valence-corrected chi connectivity index (χ4v) is 6.37.